The van der Waals surface area contributed by atoms with Crippen molar-refractivity contribution >= 4 is 22.0 Å². The van der Waals surface area contributed by atoms with Crippen LogP contribution >= 0.6 is 0 Å². The highest BCUT2D eigenvalue weighted by atomic mass is 32.2. The van der Waals surface area contributed by atoms with Crippen LogP contribution in [-0.2, 0) is 10.0 Å². The molecule has 0 aliphatic carbocycles. The molecule has 1 heterocycles. The molecule has 2 aromatic carbocycles. The van der Waals surface area contributed by atoms with E-state index in [2.05, 4.69) is 0 Å². The number of rotatable bonds is 6. The van der Waals surface area contributed by atoms with Crippen LogP contribution in [0.5, 0.6) is 5.75 Å². The highest BCUT2D eigenvalue weighted by Gasteiger charge is 2.38. The van der Waals surface area contributed by atoms with Crippen molar-refractivity contribution in [1.82, 2.24) is 9.21 Å². The van der Waals surface area contributed by atoms with Gasteiger partial charge in [0.05, 0.1) is 13.2 Å². The number of likely N-dealkylation sites (N-methyl/N-ethyl adjacent to an activating group) is 1. The molecule has 33 heavy (non-hydrogen) atoms. The fourth-order valence-corrected chi connectivity index (χ4v) is 5.74. The summed E-state index contributed by atoms with van der Waals surface area (Å²) in [6, 6.07) is 13.4. The summed E-state index contributed by atoms with van der Waals surface area (Å²) in [7, 11) is -2.17. The maximum absolute atomic E-state index is 13.5. The van der Waals surface area contributed by atoms with Crippen molar-refractivity contribution in [3.05, 3.63) is 65.7 Å². The molecule has 0 bridgehead atoms. The van der Waals surface area contributed by atoms with E-state index < -0.39 is 22.2 Å². The van der Waals surface area contributed by atoms with Crippen LogP contribution in [0.15, 0.2) is 59.5 Å². The Morgan fingerprint density at radius 3 is 2.61 bits per heavy atom. The minimum absolute atomic E-state index is 0.0602. The summed E-state index contributed by atoms with van der Waals surface area (Å²) >= 11 is 0. The molecule has 0 spiro atoms. The highest BCUT2D eigenvalue weighted by Crippen LogP contribution is 2.34. The topological polar surface area (TPSA) is 87.2 Å². The Morgan fingerprint density at radius 2 is 1.97 bits per heavy atom. The van der Waals surface area contributed by atoms with Gasteiger partial charge in [-0.3, -0.25) is 4.79 Å². The predicted octanol–water partition coefficient (Wildman–Crippen LogP) is 3.26. The molecule has 178 valence electrons. The van der Waals surface area contributed by atoms with Crippen LogP contribution < -0.4 is 4.74 Å². The summed E-state index contributed by atoms with van der Waals surface area (Å²) in [6.45, 7) is 5.62. The molecule has 3 atom stereocenters. The predicted molar refractivity (Wildman–Crippen MR) is 129 cm³/mol. The Hall–Kier alpha value is -2.68. The molecule has 0 saturated carbocycles. The molecule has 2 aromatic rings. The van der Waals surface area contributed by atoms with Crippen molar-refractivity contribution in [3.63, 3.8) is 0 Å². The molecule has 1 aliphatic rings. The van der Waals surface area contributed by atoms with Gasteiger partial charge in [-0.2, -0.15) is 4.31 Å². The van der Waals surface area contributed by atoms with Gasteiger partial charge in [-0.05, 0) is 43.7 Å². The SMILES string of the molecule is C/C=C/c1ccc2c(c1)O[C@@H](CN(C)C(=O)c1ccccc1)[C@H](C)CN([C@@H](C)CO)S2(=O)=O. The molecule has 0 fully saturated rings. The molecule has 8 heteroatoms. The van der Waals surface area contributed by atoms with E-state index in [1.54, 1.807) is 49.2 Å². The average Bonchev–Trinajstić information content (AvgIpc) is 2.81. The van der Waals surface area contributed by atoms with Crippen molar-refractivity contribution in [2.75, 3.05) is 26.7 Å². The molecule has 0 radical (unpaired) electrons. The molecule has 0 unspecified atom stereocenters. The van der Waals surface area contributed by atoms with E-state index in [4.69, 9.17) is 4.74 Å². The standard InChI is InChI=1S/C25H32N2O5S/c1-5-9-20-12-13-24-22(14-20)32-23(16-26(4)25(29)21-10-7-6-8-11-21)18(2)15-27(19(3)17-28)33(24,30)31/h5-14,18-19,23,28H,15-17H2,1-4H3/b9-5+/t18-,19+,23+/m1/s1. The summed E-state index contributed by atoms with van der Waals surface area (Å²) in [5.41, 5.74) is 1.39. The third-order valence-electron chi connectivity index (χ3n) is 5.87. The van der Waals surface area contributed by atoms with Gasteiger partial charge < -0.3 is 14.7 Å². The molecular weight excluding hydrogens is 440 g/mol. The van der Waals surface area contributed by atoms with Crippen LogP contribution in [0.25, 0.3) is 6.08 Å². The number of allylic oxidation sites excluding steroid dienone is 1. The molecular formula is C25H32N2O5S. The van der Waals surface area contributed by atoms with Gasteiger partial charge in [0.15, 0.2) is 0 Å². The average molecular weight is 473 g/mol. The largest absolute Gasteiger partial charge is 0.487 e. The first-order valence-electron chi connectivity index (χ1n) is 11.1. The van der Waals surface area contributed by atoms with Crippen LogP contribution in [0.2, 0.25) is 0 Å². The van der Waals surface area contributed by atoms with Crippen LogP contribution in [0.3, 0.4) is 0 Å². The third-order valence-corrected chi connectivity index (χ3v) is 7.89. The number of aliphatic hydroxyl groups is 1. The van der Waals surface area contributed by atoms with E-state index in [9.17, 15) is 18.3 Å². The number of hydrogen-bond donors (Lipinski definition) is 1. The lowest BCUT2D eigenvalue weighted by Gasteiger charge is -2.37. The van der Waals surface area contributed by atoms with Crippen molar-refractivity contribution in [1.29, 1.82) is 0 Å². The molecule has 1 N–H and O–H groups in total. The van der Waals surface area contributed by atoms with Gasteiger partial charge in [-0.25, -0.2) is 8.42 Å². The van der Waals surface area contributed by atoms with Crippen LogP contribution in [0, 0.1) is 5.92 Å². The lowest BCUT2D eigenvalue weighted by Crippen LogP contribution is -2.50. The number of aliphatic hydroxyl groups excluding tert-OH is 1. The number of ether oxygens (including phenoxy) is 1. The zero-order chi connectivity index (χ0) is 24.2. The quantitative estimate of drug-likeness (QED) is 0.697. The van der Waals surface area contributed by atoms with Crippen molar-refractivity contribution in [2.24, 2.45) is 5.92 Å². The van der Waals surface area contributed by atoms with E-state index in [1.165, 1.54) is 4.31 Å². The first-order valence-corrected chi connectivity index (χ1v) is 12.5. The number of carbonyl (C=O) groups is 1. The maximum atomic E-state index is 13.5. The molecule has 0 saturated heterocycles. The second-order valence-electron chi connectivity index (χ2n) is 8.50. The van der Waals surface area contributed by atoms with Gasteiger partial charge in [0.1, 0.15) is 16.7 Å². The number of benzene rings is 2. The summed E-state index contributed by atoms with van der Waals surface area (Å²) in [5, 5.41) is 9.74. The fourth-order valence-electron chi connectivity index (χ4n) is 3.91. The molecule has 7 nitrogen and oxygen atoms in total. The van der Waals surface area contributed by atoms with Gasteiger partial charge in [0.25, 0.3) is 5.91 Å². The van der Waals surface area contributed by atoms with Gasteiger partial charge in [0, 0.05) is 31.1 Å². The first kappa shape index (κ1) is 25.0. The van der Waals surface area contributed by atoms with Gasteiger partial charge in [-0.15, -0.1) is 0 Å². The summed E-state index contributed by atoms with van der Waals surface area (Å²) < 4.78 is 34.6. The fraction of sp³-hybridized carbons (Fsp3) is 0.400. The Labute approximate surface area is 196 Å². The zero-order valence-corrected chi connectivity index (χ0v) is 20.3. The van der Waals surface area contributed by atoms with E-state index in [1.807, 2.05) is 44.2 Å². The Bertz CT molecular complexity index is 1100. The van der Waals surface area contributed by atoms with Crippen LogP contribution in [0.4, 0.5) is 0 Å². The lowest BCUT2D eigenvalue weighted by atomic mass is 10.0. The molecule has 1 aliphatic heterocycles. The number of carbonyl (C=O) groups excluding carboxylic acids is 1. The van der Waals surface area contributed by atoms with E-state index >= 15 is 0 Å². The summed E-state index contributed by atoms with van der Waals surface area (Å²) in [6.07, 6.45) is 3.28. The number of nitrogens with zero attached hydrogens (tertiary/aromatic N) is 2. The Morgan fingerprint density at radius 1 is 1.27 bits per heavy atom. The Kier molecular flexibility index (Phi) is 7.94. The van der Waals surface area contributed by atoms with E-state index in [0.717, 1.165) is 5.56 Å². The molecule has 1 amide bonds. The third kappa shape index (κ3) is 5.46. The monoisotopic (exact) mass is 472 g/mol. The number of fused-ring (bicyclic) bond motifs is 1. The number of sulfonamides is 1. The minimum atomic E-state index is -3.89. The maximum Gasteiger partial charge on any atom is 0.253 e. The normalized spacial score (nSPS) is 21.5. The summed E-state index contributed by atoms with van der Waals surface area (Å²) in [5.74, 6) is -0.124. The van der Waals surface area contributed by atoms with Crippen LogP contribution in [-0.4, -0.2) is 67.5 Å². The van der Waals surface area contributed by atoms with E-state index in [-0.39, 0.29) is 42.2 Å². The second-order valence-corrected chi connectivity index (χ2v) is 10.4. The smallest absolute Gasteiger partial charge is 0.253 e. The second kappa shape index (κ2) is 10.5. The highest BCUT2D eigenvalue weighted by molar-refractivity contribution is 7.89. The van der Waals surface area contributed by atoms with Gasteiger partial charge in [0.2, 0.25) is 10.0 Å². The van der Waals surface area contributed by atoms with Gasteiger partial charge >= 0.3 is 0 Å². The lowest BCUT2D eigenvalue weighted by molar-refractivity contribution is 0.0563. The summed E-state index contributed by atoms with van der Waals surface area (Å²) in [4.78, 5) is 14.6. The Balaban J connectivity index is 2.01. The number of hydrogen-bond acceptors (Lipinski definition) is 5. The van der Waals surface area contributed by atoms with Crippen molar-refractivity contribution in [2.45, 2.75) is 37.8 Å². The van der Waals surface area contributed by atoms with Crippen molar-refractivity contribution < 1.29 is 23.1 Å². The van der Waals surface area contributed by atoms with Gasteiger partial charge in [-0.1, -0.05) is 43.3 Å². The number of amides is 1. The first-order chi connectivity index (χ1) is 15.7. The molecule has 0 aromatic heterocycles. The minimum Gasteiger partial charge on any atom is -0.487 e. The van der Waals surface area contributed by atoms with E-state index in [0.29, 0.717) is 5.56 Å². The zero-order valence-electron chi connectivity index (χ0n) is 19.5. The van der Waals surface area contributed by atoms with Crippen molar-refractivity contribution in [3.8, 4) is 5.75 Å². The molecule has 3 rings (SSSR count). The van der Waals surface area contributed by atoms with Crippen LogP contribution in [0.1, 0.15) is 36.7 Å².